The van der Waals surface area contributed by atoms with Gasteiger partial charge in [0.15, 0.2) is 0 Å². The fourth-order valence-electron chi connectivity index (χ4n) is 1.85. The summed E-state index contributed by atoms with van der Waals surface area (Å²) in [6, 6.07) is 11.1. The van der Waals surface area contributed by atoms with Crippen molar-refractivity contribution >= 4 is 11.6 Å². The molecule has 0 saturated heterocycles. The van der Waals surface area contributed by atoms with Crippen molar-refractivity contribution in [3.8, 4) is 5.75 Å². The first-order chi connectivity index (χ1) is 8.70. The Hall–Kier alpha value is -1.58. The summed E-state index contributed by atoms with van der Waals surface area (Å²) in [6.45, 7) is 0. The Morgan fingerprint density at radius 1 is 1.33 bits per heavy atom. The molecule has 0 aliphatic rings. The highest BCUT2D eigenvalue weighted by Gasteiger charge is 2.13. The molecule has 0 aliphatic carbocycles. The molecule has 3 nitrogen and oxygen atoms in total. The number of hydrogen-bond acceptors (Lipinski definition) is 3. The van der Waals surface area contributed by atoms with Gasteiger partial charge in [-0.1, -0.05) is 17.7 Å². The van der Waals surface area contributed by atoms with Gasteiger partial charge in [-0.25, -0.2) is 0 Å². The first-order valence-electron chi connectivity index (χ1n) is 5.69. The van der Waals surface area contributed by atoms with Crippen LogP contribution < -0.4 is 10.5 Å². The Balaban J connectivity index is 2.23. The third kappa shape index (κ3) is 3.00. The summed E-state index contributed by atoms with van der Waals surface area (Å²) in [5.74, 6) is 0.753. The Morgan fingerprint density at radius 2 is 2.17 bits per heavy atom. The highest BCUT2D eigenvalue weighted by atomic mass is 35.5. The predicted molar refractivity (Wildman–Crippen MR) is 72.9 cm³/mol. The summed E-state index contributed by atoms with van der Waals surface area (Å²) in [5.41, 5.74) is 8.04. The van der Waals surface area contributed by atoms with E-state index >= 15 is 0 Å². The number of halogens is 1. The minimum atomic E-state index is -0.187. The van der Waals surface area contributed by atoms with Crippen LogP contribution in [0, 0.1) is 0 Å². The quantitative estimate of drug-likeness (QED) is 0.922. The summed E-state index contributed by atoms with van der Waals surface area (Å²) in [7, 11) is 1.63. The summed E-state index contributed by atoms with van der Waals surface area (Å²) in [5, 5.41) is 0.655. The van der Waals surface area contributed by atoms with E-state index in [1.54, 1.807) is 19.4 Å². The van der Waals surface area contributed by atoms with Gasteiger partial charge in [-0.3, -0.25) is 4.98 Å². The third-order valence-electron chi connectivity index (χ3n) is 2.75. The van der Waals surface area contributed by atoms with E-state index in [-0.39, 0.29) is 6.04 Å². The zero-order valence-electron chi connectivity index (χ0n) is 10.1. The van der Waals surface area contributed by atoms with Gasteiger partial charge in [0, 0.05) is 34.9 Å². The molecule has 2 aromatic rings. The molecule has 1 aromatic carbocycles. The van der Waals surface area contributed by atoms with E-state index in [0.717, 1.165) is 17.0 Å². The maximum Gasteiger partial charge on any atom is 0.123 e. The van der Waals surface area contributed by atoms with E-state index in [2.05, 4.69) is 4.98 Å². The lowest BCUT2D eigenvalue weighted by molar-refractivity contribution is 0.405. The summed E-state index contributed by atoms with van der Waals surface area (Å²) < 4.78 is 5.30. The summed E-state index contributed by atoms with van der Waals surface area (Å²) >= 11 is 5.99. The fourth-order valence-corrected chi connectivity index (χ4v) is 2.03. The second kappa shape index (κ2) is 5.85. The summed E-state index contributed by atoms with van der Waals surface area (Å²) in [6.07, 6.45) is 2.41. The van der Waals surface area contributed by atoms with Crippen LogP contribution >= 0.6 is 11.6 Å². The fraction of sp³-hybridized carbons (Fsp3) is 0.214. The van der Waals surface area contributed by atoms with Crippen molar-refractivity contribution in [3.05, 3.63) is 58.9 Å². The molecular formula is C14H15ClN2O. The van der Waals surface area contributed by atoms with Gasteiger partial charge in [0.1, 0.15) is 5.75 Å². The van der Waals surface area contributed by atoms with Gasteiger partial charge in [0.2, 0.25) is 0 Å². The molecule has 0 aliphatic heterocycles. The van der Waals surface area contributed by atoms with Crippen LogP contribution in [0.2, 0.25) is 5.02 Å². The zero-order valence-corrected chi connectivity index (χ0v) is 10.9. The van der Waals surface area contributed by atoms with Crippen molar-refractivity contribution in [1.82, 2.24) is 4.98 Å². The second-order valence-electron chi connectivity index (χ2n) is 4.02. The number of nitrogens with two attached hydrogens (primary N) is 1. The van der Waals surface area contributed by atoms with Crippen molar-refractivity contribution in [2.24, 2.45) is 5.73 Å². The Labute approximate surface area is 112 Å². The smallest absolute Gasteiger partial charge is 0.123 e. The Bertz CT molecular complexity index is 516. The molecule has 1 heterocycles. The van der Waals surface area contributed by atoms with Crippen molar-refractivity contribution in [2.45, 2.75) is 12.5 Å². The molecule has 0 radical (unpaired) electrons. The molecule has 94 valence electrons. The maximum atomic E-state index is 6.19. The average molecular weight is 263 g/mol. The maximum absolute atomic E-state index is 6.19. The number of benzene rings is 1. The Morgan fingerprint density at radius 3 is 2.83 bits per heavy atom. The van der Waals surface area contributed by atoms with Crippen LogP contribution in [0.1, 0.15) is 17.3 Å². The molecule has 0 saturated carbocycles. The zero-order chi connectivity index (χ0) is 13.0. The molecule has 0 fully saturated rings. The standard InChI is InChI=1S/C14H15ClN2O/c1-18-14-6-5-10(15)8-12(14)13(16)9-11-4-2-3-7-17-11/h2-8,13H,9,16H2,1H3. The van der Waals surface area contributed by atoms with Crippen LogP contribution in [0.5, 0.6) is 5.75 Å². The van der Waals surface area contributed by atoms with Crippen LogP contribution in [-0.4, -0.2) is 12.1 Å². The van der Waals surface area contributed by atoms with Gasteiger partial charge in [0.05, 0.1) is 7.11 Å². The largest absolute Gasteiger partial charge is 0.496 e. The molecule has 1 aromatic heterocycles. The molecule has 1 atom stereocenters. The lowest BCUT2D eigenvalue weighted by Gasteiger charge is -2.15. The number of pyridine rings is 1. The first-order valence-corrected chi connectivity index (χ1v) is 6.07. The normalized spacial score (nSPS) is 12.2. The van der Waals surface area contributed by atoms with Gasteiger partial charge in [0.25, 0.3) is 0 Å². The number of ether oxygens (including phenoxy) is 1. The number of rotatable bonds is 4. The highest BCUT2D eigenvalue weighted by Crippen LogP contribution is 2.28. The van der Waals surface area contributed by atoms with Crippen molar-refractivity contribution < 1.29 is 4.74 Å². The van der Waals surface area contributed by atoms with Gasteiger partial charge >= 0.3 is 0 Å². The van der Waals surface area contributed by atoms with Gasteiger partial charge < -0.3 is 10.5 Å². The first kappa shape index (κ1) is 12.9. The van der Waals surface area contributed by atoms with Gasteiger partial charge in [-0.2, -0.15) is 0 Å². The lowest BCUT2D eigenvalue weighted by atomic mass is 10.0. The van der Waals surface area contributed by atoms with E-state index in [9.17, 15) is 0 Å². The SMILES string of the molecule is COc1ccc(Cl)cc1C(N)Cc1ccccn1. The van der Waals surface area contributed by atoms with Crippen LogP contribution in [0.25, 0.3) is 0 Å². The van der Waals surface area contributed by atoms with Gasteiger partial charge in [-0.05, 0) is 30.3 Å². The molecule has 0 spiro atoms. The van der Waals surface area contributed by atoms with E-state index in [1.165, 1.54) is 0 Å². The van der Waals surface area contributed by atoms with E-state index < -0.39 is 0 Å². The van der Waals surface area contributed by atoms with Crippen molar-refractivity contribution in [3.63, 3.8) is 0 Å². The minimum Gasteiger partial charge on any atom is -0.496 e. The molecule has 18 heavy (non-hydrogen) atoms. The van der Waals surface area contributed by atoms with E-state index in [1.807, 2.05) is 30.3 Å². The molecule has 2 rings (SSSR count). The topological polar surface area (TPSA) is 48.1 Å². The Kier molecular flexibility index (Phi) is 4.18. The van der Waals surface area contributed by atoms with E-state index in [4.69, 9.17) is 22.1 Å². The van der Waals surface area contributed by atoms with Crippen molar-refractivity contribution in [2.75, 3.05) is 7.11 Å². The molecule has 2 N–H and O–H groups in total. The monoisotopic (exact) mass is 262 g/mol. The molecule has 0 amide bonds. The number of methoxy groups -OCH3 is 1. The lowest BCUT2D eigenvalue weighted by Crippen LogP contribution is -2.15. The molecule has 4 heteroatoms. The predicted octanol–water partition coefficient (Wildman–Crippen LogP) is 2.99. The van der Waals surface area contributed by atoms with Gasteiger partial charge in [-0.15, -0.1) is 0 Å². The molecular weight excluding hydrogens is 248 g/mol. The van der Waals surface area contributed by atoms with Crippen LogP contribution in [0.15, 0.2) is 42.6 Å². The van der Waals surface area contributed by atoms with Crippen LogP contribution in [0.4, 0.5) is 0 Å². The highest BCUT2D eigenvalue weighted by molar-refractivity contribution is 6.30. The number of nitrogens with zero attached hydrogens (tertiary/aromatic N) is 1. The number of aromatic nitrogens is 1. The molecule has 0 bridgehead atoms. The van der Waals surface area contributed by atoms with E-state index in [0.29, 0.717) is 11.4 Å². The second-order valence-corrected chi connectivity index (χ2v) is 4.45. The van der Waals surface area contributed by atoms with Crippen LogP contribution in [-0.2, 0) is 6.42 Å². The van der Waals surface area contributed by atoms with Crippen molar-refractivity contribution in [1.29, 1.82) is 0 Å². The molecule has 1 unspecified atom stereocenters. The summed E-state index contributed by atoms with van der Waals surface area (Å²) in [4.78, 5) is 4.27. The van der Waals surface area contributed by atoms with Crippen LogP contribution in [0.3, 0.4) is 0 Å². The third-order valence-corrected chi connectivity index (χ3v) is 2.98. The minimum absolute atomic E-state index is 0.187. The average Bonchev–Trinajstić information content (AvgIpc) is 2.40. The number of hydrogen-bond donors (Lipinski definition) is 1.